The third-order valence-corrected chi connectivity index (χ3v) is 4.19. The Morgan fingerprint density at radius 2 is 2.00 bits per heavy atom. The second-order valence-corrected chi connectivity index (χ2v) is 5.49. The number of methoxy groups -OCH3 is 1. The van der Waals surface area contributed by atoms with E-state index in [0.717, 1.165) is 18.6 Å². The number of pyridine rings is 1. The molecule has 1 aromatic heterocycles. The fourth-order valence-electron chi connectivity index (χ4n) is 3.30. The molecular weight excluding hydrogens is 226 g/mol. The maximum absolute atomic E-state index is 5.10. The van der Waals surface area contributed by atoms with Gasteiger partial charge in [-0.05, 0) is 25.5 Å². The molecule has 18 heavy (non-hydrogen) atoms. The quantitative estimate of drug-likeness (QED) is 0.806. The molecule has 0 aliphatic carbocycles. The Morgan fingerprint density at radius 3 is 2.56 bits per heavy atom. The Kier molecular flexibility index (Phi) is 3.22. The van der Waals surface area contributed by atoms with Crippen LogP contribution in [-0.4, -0.2) is 54.1 Å². The summed E-state index contributed by atoms with van der Waals surface area (Å²) in [4.78, 5) is 9.41. The lowest BCUT2D eigenvalue weighted by Gasteiger charge is -2.39. The average Bonchev–Trinajstić information content (AvgIpc) is 2.62. The fourth-order valence-corrected chi connectivity index (χ4v) is 3.30. The molecule has 2 bridgehead atoms. The summed E-state index contributed by atoms with van der Waals surface area (Å²) < 4.78 is 5.10. The lowest BCUT2D eigenvalue weighted by molar-refractivity contribution is 0.0759. The summed E-state index contributed by atoms with van der Waals surface area (Å²) in [5, 5.41) is 0. The summed E-state index contributed by atoms with van der Waals surface area (Å²) in [5.41, 5.74) is 1.29. The van der Waals surface area contributed by atoms with Gasteiger partial charge in [-0.1, -0.05) is 6.07 Å². The van der Waals surface area contributed by atoms with Gasteiger partial charge in [0.1, 0.15) is 0 Å². The van der Waals surface area contributed by atoms with Crippen LogP contribution in [0.15, 0.2) is 18.3 Å². The van der Waals surface area contributed by atoms with Crippen LogP contribution >= 0.6 is 0 Å². The van der Waals surface area contributed by atoms with Gasteiger partial charge in [-0.2, -0.15) is 0 Å². The molecule has 0 N–H and O–H groups in total. The molecule has 1 aromatic rings. The minimum Gasteiger partial charge on any atom is -0.481 e. The lowest BCUT2D eigenvalue weighted by atomic mass is 10.1. The van der Waals surface area contributed by atoms with Crippen LogP contribution in [0.5, 0.6) is 5.88 Å². The van der Waals surface area contributed by atoms with Crippen molar-refractivity contribution in [2.24, 2.45) is 0 Å². The summed E-state index contributed by atoms with van der Waals surface area (Å²) in [6, 6.07) is 5.54. The number of fused-ring (bicyclic) bond motifs is 2. The largest absolute Gasteiger partial charge is 0.481 e. The van der Waals surface area contributed by atoms with E-state index < -0.39 is 0 Å². The molecule has 0 amide bonds. The van der Waals surface area contributed by atoms with Gasteiger partial charge in [0, 0.05) is 44.0 Å². The van der Waals surface area contributed by atoms with Crippen LogP contribution in [0.3, 0.4) is 0 Å². The predicted octanol–water partition coefficient (Wildman–Crippen LogP) is 1.37. The van der Waals surface area contributed by atoms with E-state index in [0.29, 0.717) is 5.88 Å². The van der Waals surface area contributed by atoms with Crippen molar-refractivity contribution in [3.63, 3.8) is 0 Å². The Hall–Kier alpha value is -1.13. The number of nitrogens with zero attached hydrogens (tertiary/aromatic N) is 3. The SMILES string of the molecule is COc1ccc(CN2C3CCC2CN(C)C3)cn1. The maximum Gasteiger partial charge on any atom is 0.212 e. The highest BCUT2D eigenvalue weighted by atomic mass is 16.5. The van der Waals surface area contributed by atoms with Crippen molar-refractivity contribution in [3.05, 3.63) is 23.9 Å². The van der Waals surface area contributed by atoms with Crippen LogP contribution in [0.1, 0.15) is 18.4 Å². The third-order valence-electron chi connectivity index (χ3n) is 4.19. The van der Waals surface area contributed by atoms with Gasteiger partial charge in [0.25, 0.3) is 0 Å². The van der Waals surface area contributed by atoms with Crippen molar-refractivity contribution >= 4 is 0 Å². The Morgan fingerprint density at radius 1 is 1.28 bits per heavy atom. The summed E-state index contributed by atoms with van der Waals surface area (Å²) in [6.45, 7) is 3.44. The van der Waals surface area contributed by atoms with Crippen LogP contribution < -0.4 is 4.74 Å². The highest BCUT2D eigenvalue weighted by Crippen LogP contribution is 2.30. The van der Waals surface area contributed by atoms with E-state index in [1.807, 2.05) is 12.3 Å². The molecule has 0 aromatic carbocycles. The molecule has 3 rings (SSSR count). The zero-order chi connectivity index (χ0) is 12.5. The van der Waals surface area contributed by atoms with Crippen LogP contribution in [0.2, 0.25) is 0 Å². The number of rotatable bonds is 3. The number of ether oxygens (including phenoxy) is 1. The van der Waals surface area contributed by atoms with Gasteiger partial charge in [0.15, 0.2) is 0 Å². The molecule has 3 heterocycles. The fraction of sp³-hybridized carbons (Fsp3) is 0.643. The van der Waals surface area contributed by atoms with Gasteiger partial charge in [-0.15, -0.1) is 0 Å². The summed E-state index contributed by atoms with van der Waals surface area (Å²) in [5.74, 6) is 0.695. The van der Waals surface area contributed by atoms with E-state index in [-0.39, 0.29) is 0 Å². The zero-order valence-electron chi connectivity index (χ0n) is 11.2. The average molecular weight is 247 g/mol. The molecule has 98 valence electrons. The van der Waals surface area contributed by atoms with Crippen molar-refractivity contribution in [1.29, 1.82) is 0 Å². The molecule has 2 fully saturated rings. The van der Waals surface area contributed by atoms with E-state index in [1.54, 1.807) is 7.11 Å². The van der Waals surface area contributed by atoms with Crippen LogP contribution in [0, 0.1) is 0 Å². The van der Waals surface area contributed by atoms with Gasteiger partial charge in [0.05, 0.1) is 7.11 Å². The molecule has 2 aliphatic heterocycles. The van der Waals surface area contributed by atoms with Crippen molar-refractivity contribution in [1.82, 2.24) is 14.8 Å². The van der Waals surface area contributed by atoms with Gasteiger partial charge >= 0.3 is 0 Å². The van der Waals surface area contributed by atoms with E-state index in [2.05, 4.69) is 27.9 Å². The summed E-state index contributed by atoms with van der Waals surface area (Å²) in [6.07, 6.45) is 4.63. The second-order valence-electron chi connectivity index (χ2n) is 5.49. The van der Waals surface area contributed by atoms with Crippen molar-refractivity contribution in [2.75, 3.05) is 27.2 Å². The number of likely N-dealkylation sites (tertiary alicyclic amines) is 1. The molecule has 2 atom stereocenters. The van der Waals surface area contributed by atoms with Crippen molar-refractivity contribution in [2.45, 2.75) is 31.5 Å². The lowest BCUT2D eigenvalue weighted by Crippen LogP contribution is -2.51. The first-order valence-corrected chi connectivity index (χ1v) is 6.69. The Bertz CT molecular complexity index is 392. The first kappa shape index (κ1) is 11.9. The van der Waals surface area contributed by atoms with Gasteiger partial charge in [-0.25, -0.2) is 4.98 Å². The standard InChI is InChI=1S/C14H21N3O/c1-16-9-12-4-5-13(10-16)17(12)8-11-3-6-14(18-2)15-7-11/h3,6-7,12-13H,4-5,8-10H2,1-2H3. The highest BCUT2D eigenvalue weighted by molar-refractivity contribution is 5.18. The van der Waals surface area contributed by atoms with E-state index >= 15 is 0 Å². The number of likely N-dealkylation sites (N-methyl/N-ethyl adjacent to an activating group) is 1. The first-order valence-electron chi connectivity index (χ1n) is 6.69. The van der Waals surface area contributed by atoms with Crippen molar-refractivity contribution in [3.8, 4) is 5.88 Å². The number of hydrogen-bond acceptors (Lipinski definition) is 4. The molecule has 2 saturated heterocycles. The van der Waals surface area contributed by atoms with Gasteiger partial charge in [-0.3, -0.25) is 4.90 Å². The van der Waals surface area contributed by atoms with Gasteiger partial charge < -0.3 is 9.64 Å². The minimum absolute atomic E-state index is 0.695. The molecule has 2 unspecified atom stereocenters. The van der Waals surface area contributed by atoms with Crippen LogP contribution in [-0.2, 0) is 6.54 Å². The van der Waals surface area contributed by atoms with E-state index in [1.165, 1.54) is 31.5 Å². The molecule has 4 nitrogen and oxygen atoms in total. The van der Waals surface area contributed by atoms with E-state index in [4.69, 9.17) is 4.74 Å². The third kappa shape index (κ3) is 2.22. The normalized spacial score (nSPS) is 28.6. The second kappa shape index (κ2) is 4.86. The smallest absolute Gasteiger partial charge is 0.212 e. The molecular formula is C14H21N3O. The Labute approximate surface area is 109 Å². The monoisotopic (exact) mass is 247 g/mol. The number of piperazine rings is 1. The molecule has 0 radical (unpaired) electrons. The summed E-state index contributed by atoms with van der Waals surface area (Å²) >= 11 is 0. The first-order chi connectivity index (χ1) is 8.76. The molecule has 0 spiro atoms. The number of aromatic nitrogens is 1. The topological polar surface area (TPSA) is 28.6 Å². The van der Waals surface area contributed by atoms with Crippen molar-refractivity contribution < 1.29 is 4.74 Å². The van der Waals surface area contributed by atoms with Crippen LogP contribution in [0.25, 0.3) is 0 Å². The molecule has 4 heteroatoms. The van der Waals surface area contributed by atoms with Crippen LogP contribution in [0.4, 0.5) is 0 Å². The number of hydrogen-bond donors (Lipinski definition) is 0. The highest BCUT2D eigenvalue weighted by Gasteiger charge is 2.38. The summed E-state index contributed by atoms with van der Waals surface area (Å²) in [7, 11) is 3.89. The molecule has 0 saturated carbocycles. The van der Waals surface area contributed by atoms with Gasteiger partial charge in [0.2, 0.25) is 5.88 Å². The minimum atomic E-state index is 0.695. The maximum atomic E-state index is 5.10. The predicted molar refractivity (Wildman–Crippen MR) is 70.6 cm³/mol. The Balaban J connectivity index is 1.69. The molecule has 2 aliphatic rings. The zero-order valence-corrected chi connectivity index (χ0v) is 11.2. The van der Waals surface area contributed by atoms with E-state index in [9.17, 15) is 0 Å².